The van der Waals surface area contributed by atoms with E-state index in [4.69, 9.17) is 16.1 Å². The molecule has 33 heavy (non-hydrogen) atoms. The van der Waals surface area contributed by atoms with Gasteiger partial charge in [-0.05, 0) is 56.7 Å². The molecular formula is C25H30ClN5O2. The second-order valence-electron chi connectivity index (χ2n) is 9.51. The van der Waals surface area contributed by atoms with Gasteiger partial charge in [0.1, 0.15) is 27.9 Å². The fraction of sp³-hybridized carbons (Fsp3) is 0.480. The van der Waals surface area contributed by atoms with Crippen LogP contribution in [0.25, 0.3) is 11.4 Å². The molecule has 1 amide bonds. The van der Waals surface area contributed by atoms with Crippen molar-refractivity contribution in [2.45, 2.75) is 39.2 Å². The molecule has 0 bridgehead atoms. The van der Waals surface area contributed by atoms with Crippen molar-refractivity contribution >= 4 is 17.5 Å². The van der Waals surface area contributed by atoms with Crippen molar-refractivity contribution in [2.24, 2.45) is 12.5 Å². The van der Waals surface area contributed by atoms with Gasteiger partial charge in [-0.25, -0.2) is 0 Å². The smallest absolute Gasteiger partial charge is 0.259 e. The van der Waals surface area contributed by atoms with Crippen molar-refractivity contribution < 1.29 is 9.32 Å². The summed E-state index contributed by atoms with van der Waals surface area (Å²) in [7, 11) is 1.74. The van der Waals surface area contributed by atoms with Crippen LogP contribution in [0, 0.1) is 12.3 Å². The van der Waals surface area contributed by atoms with Crippen LogP contribution in [0.4, 0.5) is 0 Å². The Morgan fingerprint density at radius 2 is 1.76 bits per heavy atom. The largest absolute Gasteiger partial charge is 0.361 e. The minimum atomic E-state index is -0.0693. The van der Waals surface area contributed by atoms with E-state index in [1.807, 2.05) is 11.8 Å². The zero-order valence-corrected chi connectivity index (χ0v) is 20.0. The molecule has 2 fully saturated rings. The number of halogens is 1. The Hall–Kier alpha value is -2.64. The molecule has 3 aromatic rings. The molecule has 0 radical (unpaired) electrons. The molecule has 174 valence electrons. The van der Waals surface area contributed by atoms with Crippen LogP contribution >= 0.6 is 11.6 Å². The van der Waals surface area contributed by atoms with E-state index in [-0.39, 0.29) is 5.91 Å². The standard InChI is InChI=1S/C25H30ClN5O2/c1-18-16-20(28-33-18)22-21(23(26)29(2)27-22)24(32)31-14-10-25(11-15-31)8-12-30(13-9-25)17-19-6-4-3-5-7-19/h3-7,16H,8-15,17H2,1-2H3. The molecule has 2 saturated heterocycles. The predicted octanol–water partition coefficient (Wildman–Crippen LogP) is 4.56. The molecule has 5 rings (SSSR count). The van der Waals surface area contributed by atoms with Gasteiger partial charge in [-0.1, -0.05) is 47.1 Å². The first-order valence-electron chi connectivity index (χ1n) is 11.7. The van der Waals surface area contributed by atoms with Crippen LogP contribution in [0.5, 0.6) is 0 Å². The number of likely N-dealkylation sites (tertiary alicyclic amines) is 2. The van der Waals surface area contributed by atoms with Crippen molar-refractivity contribution in [1.29, 1.82) is 0 Å². The van der Waals surface area contributed by atoms with Crippen molar-refractivity contribution in [3.63, 3.8) is 0 Å². The van der Waals surface area contributed by atoms with Crippen molar-refractivity contribution in [3.8, 4) is 11.4 Å². The fourth-order valence-electron chi connectivity index (χ4n) is 5.22. The van der Waals surface area contributed by atoms with Crippen molar-refractivity contribution in [1.82, 2.24) is 24.7 Å². The fourth-order valence-corrected chi connectivity index (χ4v) is 5.43. The number of piperidine rings is 2. The number of aryl methyl sites for hydroxylation is 2. The summed E-state index contributed by atoms with van der Waals surface area (Å²) >= 11 is 6.50. The summed E-state index contributed by atoms with van der Waals surface area (Å²) in [6, 6.07) is 12.5. The maximum Gasteiger partial charge on any atom is 0.259 e. The first-order valence-corrected chi connectivity index (χ1v) is 12.0. The van der Waals surface area contributed by atoms with Gasteiger partial charge in [-0.15, -0.1) is 0 Å². The molecule has 4 heterocycles. The van der Waals surface area contributed by atoms with Crippen LogP contribution in [-0.4, -0.2) is 56.8 Å². The summed E-state index contributed by atoms with van der Waals surface area (Å²) in [5, 5.41) is 8.83. The lowest BCUT2D eigenvalue weighted by molar-refractivity contribution is 0.0285. The molecule has 1 aromatic carbocycles. The van der Waals surface area contributed by atoms with Crippen LogP contribution in [0.15, 0.2) is 40.9 Å². The molecule has 2 aliphatic rings. The highest BCUT2D eigenvalue weighted by molar-refractivity contribution is 6.33. The molecule has 0 saturated carbocycles. The maximum absolute atomic E-state index is 13.5. The highest BCUT2D eigenvalue weighted by atomic mass is 35.5. The first-order chi connectivity index (χ1) is 15.9. The normalized spacial score (nSPS) is 18.7. The molecule has 2 aliphatic heterocycles. The van der Waals surface area contributed by atoms with Crippen LogP contribution < -0.4 is 0 Å². The topological polar surface area (TPSA) is 67.4 Å². The van der Waals surface area contributed by atoms with E-state index in [0.29, 0.717) is 33.3 Å². The number of amides is 1. The molecule has 2 aromatic heterocycles. The molecular weight excluding hydrogens is 438 g/mol. The van der Waals surface area contributed by atoms with Crippen molar-refractivity contribution in [3.05, 3.63) is 58.4 Å². The maximum atomic E-state index is 13.5. The lowest BCUT2D eigenvalue weighted by Gasteiger charge is -2.47. The van der Waals surface area contributed by atoms with Gasteiger partial charge in [-0.3, -0.25) is 14.4 Å². The Balaban J connectivity index is 1.23. The number of benzene rings is 1. The number of hydrogen-bond acceptors (Lipinski definition) is 5. The van der Waals surface area contributed by atoms with E-state index in [2.05, 4.69) is 45.5 Å². The molecule has 0 aliphatic carbocycles. The van der Waals surface area contributed by atoms with Gasteiger partial charge in [0, 0.05) is 32.7 Å². The van der Waals surface area contributed by atoms with E-state index in [9.17, 15) is 4.79 Å². The third kappa shape index (κ3) is 4.44. The summed E-state index contributed by atoms with van der Waals surface area (Å²) in [6.07, 6.45) is 4.46. The van der Waals surface area contributed by atoms with E-state index < -0.39 is 0 Å². The lowest BCUT2D eigenvalue weighted by Crippen LogP contribution is -2.48. The molecule has 7 nitrogen and oxygen atoms in total. The SMILES string of the molecule is Cc1cc(-c2nn(C)c(Cl)c2C(=O)N2CCC3(CCN(Cc4ccccc4)CC3)CC2)no1. The Morgan fingerprint density at radius 1 is 1.09 bits per heavy atom. The summed E-state index contributed by atoms with van der Waals surface area (Å²) in [5.41, 5.74) is 3.16. The second kappa shape index (κ2) is 8.95. The highest BCUT2D eigenvalue weighted by Crippen LogP contribution is 2.42. The van der Waals surface area contributed by atoms with E-state index >= 15 is 0 Å². The summed E-state index contributed by atoms with van der Waals surface area (Å²) in [5.74, 6) is 0.601. The second-order valence-corrected chi connectivity index (χ2v) is 9.87. The average molecular weight is 468 g/mol. The van der Waals surface area contributed by atoms with Gasteiger partial charge in [0.05, 0.1) is 0 Å². The first kappa shape index (κ1) is 22.2. The summed E-state index contributed by atoms with van der Waals surface area (Å²) < 4.78 is 6.73. The van der Waals surface area contributed by atoms with E-state index in [0.717, 1.165) is 45.6 Å². The Kier molecular flexibility index (Phi) is 6.01. The predicted molar refractivity (Wildman–Crippen MR) is 127 cm³/mol. The third-order valence-corrected chi connectivity index (χ3v) is 7.77. The minimum Gasteiger partial charge on any atom is -0.361 e. The number of hydrogen-bond donors (Lipinski definition) is 0. The zero-order valence-electron chi connectivity index (χ0n) is 19.3. The van der Waals surface area contributed by atoms with Gasteiger partial charge in [0.15, 0.2) is 0 Å². The number of rotatable bonds is 4. The van der Waals surface area contributed by atoms with Gasteiger partial charge < -0.3 is 9.42 Å². The Labute approximate surface area is 199 Å². The van der Waals surface area contributed by atoms with Gasteiger partial charge in [0.2, 0.25) is 0 Å². The van der Waals surface area contributed by atoms with Crippen LogP contribution in [-0.2, 0) is 13.6 Å². The van der Waals surface area contributed by atoms with Gasteiger partial charge in [0.25, 0.3) is 5.91 Å². The quantitative estimate of drug-likeness (QED) is 0.562. The zero-order chi connectivity index (χ0) is 23.0. The van der Waals surface area contributed by atoms with Gasteiger partial charge in [-0.2, -0.15) is 5.10 Å². The number of carbonyl (C=O) groups excluding carboxylic acids is 1. The molecule has 0 unspecified atom stereocenters. The Morgan fingerprint density at radius 3 is 2.39 bits per heavy atom. The van der Waals surface area contributed by atoms with E-state index in [1.54, 1.807) is 13.1 Å². The number of carbonyl (C=O) groups is 1. The molecule has 8 heteroatoms. The Bertz CT molecular complexity index is 1120. The summed E-state index contributed by atoms with van der Waals surface area (Å²) in [4.78, 5) is 18.0. The van der Waals surface area contributed by atoms with Crippen LogP contribution in [0.3, 0.4) is 0 Å². The highest BCUT2D eigenvalue weighted by Gasteiger charge is 2.39. The van der Waals surface area contributed by atoms with Gasteiger partial charge >= 0.3 is 0 Å². The lowest BCUT2D eigenvalue weighted by atomic mass is 9.71. The minimum absolute atomic E-state index is 0.0693. The number of nitrogens with zero attached hydrogens (tertiary/aromatic N) is 5. The molecule has 0 N–H and O–H groups in total. The van der Waals surface area contributed by atoms with Crippen LogP contribution in [0.2, 0.25) is 5.15 Å². The third-order valence-electron chi connectivity index (χ3n) is 7.34. The van der Waals surface area contributed by atoms with Crippen molar-refractivity contribution in [2.75, 3.05) is 26.2 Å². The average Bonchev–Trinajstić information content (AvgIpc) is 3.39. The monoisotopic (exact) mass is 467 g/mol. The summed E-state index contributed by atoms with van der Waals surface area (Å²) in [6.45, 7) is 6.57. The number of aromatic nitrogens is 3. The molecule has 1 spiro atoms. The van der Waals surface area contributed by atoms with Crippen LogP contribution in [0.1, 0.15) is 47.4 Å². The van der Waals surface area contributed by atoms with E-state index in [1.165, 1.54) is 23.1 Å². The molecule has 0 atom stereocenters.